The standard InChI is InChI=1S/C21H22N4O2/c1-14(15-10-12-22-13-11-15)23-20(26)9-8-19-24-18-5-3-2-4-17(18)21(27)25(19)16-6-7-16/h2-5,10-14,16H,6-9H2,1H3,(H,23,26)/t14-/m1/s1. The van der Waals surface area contributed by atoms with Crippen LogP contribution in [0.5, 0.6) is 0 Å². The number of rotatable bonds is 6. The minimum Gasteiger partial charge on any atom is -0.350 e. The van der Waals surface area contributed by atoms with E-state index in [1.807, 2.05) is 43.3 Å². The number of aryl methyl sites for hydroxylation is 1. The maximum absolute atomic E-state index is 12.9. The number of nitrogens with zero attached hydrogens (tertiary/aromatic N) is 3. The van der Waals surface area contributed by atoms with Gasteiger partial charge in [0.25, 0.3) is 5.56 Å². The van der Waals surface area contributed by atoms with Gasteiger partial charge >= 0.3 is 0 Å². The third-order valence-corrected chi connectivity index (χ3v) is 4.95. The summed E-state index contributed by atoms with van der Waals surface area (Å²) in [6.45, 7) is 1.95. The highest BCUT2D eigenvalue weighted by molar-refractivity contribution is 5.78. The number of hydrogen-bond donors (Lipinski definition) is 1. The SMILES string of the molecule is C[C@@H](NC(=O)CCc1nc2ccccc2c(=O)n1C1CC1)c1ccncc1. The van der Waals surface area contributed by atoms with Crippen LogP contribution in [0.1, 0.15) is 49.7 Å². The van der Waals surface area contributed by atoms with E-state index >= 15 is 0 Å². The van der Waals surface area contributed by atoms with Gasteiger partial charge in [-0.2, -0.15) is 0 Å². The van der Waals surface area contributed by atoms with Crippen molar-refractivity contribution in [2.24, 2.45) is 0 Å². The molecule has 1 aliphatic rings. The molecule has 0 aliphatic heterocycles. The van der Waals surface area contributed by atoms with Gasteiger partial charge in [-0.15, -0.1) is 0 Å². The molecule has 2 heterocycles. The van der Waals surface area contributed by atoms with Crippen molar-refractivity contribution < 1.29 is 4.79 Å². The lowest BCUT2D eigenvalue weighted by Gasteiger charge is -2.15. The van der Waals surface area contributed by atoms with Gasteiger partial charge in [0.1, 0.15) is 5.82 Å². The van der Waals surface area contributed by atoms with Crippen molar-refractivity contribution in [3.8, 4) is 0 Å². The summed E-state index contributed by atoms with van der Waals surface area (Å²) >= 11 is 0. The minimum absolute atomic E-state index is 0.00339. The molecule has 0 saturated heterocycles. The molecule has 6 nitrogen and oxygen atoms in total. The van der Waals surface area contributed by atoms with E-state index in [9.17, 15) is 9.59 Å². The molecule has 6 heteroatoms. The van der Waals surface area contributed by atoms with E-state index in [1.165, 1.54) is 0 Å². The number of fused-ring (bicyclic) bond motifs is 1. The van der Waals surface area contributed by atoms with E-state index in [-0.39, 0.29) is 23.6 Å². The van der Waals surface area contributed by atoms with E-state index in [1.54, 1.807) is 17.0 Å². The number of para-hydroxylation sites is 1. The maximum Gasteiger partial charge on any atom is 0.261 e. The maximum atomic E-state index is 12.9. The second-order valence-corrected chi connectivity index (χ2v) is 7.02. The lowest BCUT2D eigenvalue weighted by molar-refractivity contribution is -0.121. The molecule has 1 N–H and O–H groups in total. The zero-order chi connectivity index (χ0) is 18.8. The lowest BCUT2D eigenvalue weighted by Crippen LogP contribution is -2.29. The third kappa shape index (κ3) is 3.74. The summed E-state index contributed by atoms with van der Waals surface area (Å²) in [5, 5.41) is 3.64. The highest BCUT2D eigenvalue weighted by Crippen LogP contribution is 2.34. The van der Waals surface area contributed by atoms with Crippen LogP contribution in [0, 0.1) is 0 Å². The minimum atomic E-state index is -0.0873. The van der Waals surface area contributed by atoms with Crippen LogP contribution in [-0.2, 0) is 11.2 Å². The van der Waals surface area contributed by atoms with Gasteiger partial charge in [-0.3, -0.25) is 19.1 Å². The topological polar surface area (TPSA) is 76.9 Å². The summed E-state index contributed by atoms with van der Waals surface area (Å²) in [5.74, 6) is 0.650. The molecule has 3 aromatic rings. The Balaban J connectivity index is 1.51. The number of benzene rings is 1. The van der Waals surface area contributed by atoms with Gasteiger partial charge < -0.3 is 5.32 Å². The van der Waals surface area contributed by atoms with Gasteiger partial charge in [-0.1, -0.05) is 12.1 Å². The molecule has 0 unspecified atom stereocenters. The zero-order valence-corrected chi connectivity index (χ0v) is 15.3. The van der Waals surface area contributed by atoms with Crippen molar-refractivity contribution in [3.63, 3.8) is 0 Å². The molecule has 1 atom stereocenters. The van der Waals surface area contributed by atoms with Crippen LogP contribution >= 0.6 is 0 Å². The molecule has 27 heavy (non-hydrogen) atoms. The summed E-state index contributed by atoms with van der Waals surface area (Å²) in [5.41, 5.74) is 1.71. The molecule has 0 radical (unpaired) electrons. The van der Waals surface area contributed by atoms with Crippen molar-refractivity contribution in [1.82, 2.24) is 19.9 Å². The van der Waals surface area contributed by atoms with E-state index in [0.29, 0.717) is 29.6 Å². The zero-order valence-electron chi connectivity index (χ0n) is 15.3. The molecule has 1 aliphatic carbocycles. The third-order valence-electron chi connectivity index (χ3n) is 4.95. The molecule has 4 rings (SSSR count). The van der Waals surface area contributed by atoms with Gasteiger partial charge in [-0.05, 0) is 49.6 Å². The number of amides is 1. The highest BCUT2D eigenvalue weighted by Gasteiger charge is 2.28. The first-order valence-electron chi connectivity index (χ1n) is 9.33. The van der Waals surface area contributed by atoms with Crippen molar-refractivity contribution in [3.05, 3.63) is 70.5 Å². The number of carbonyl (C=O) groups excluding carboxylic acids is 1. The lowest BCUT2D eigenvalue weighted by atomic mass is 10.1. The van der Waals surface area contributed by atoms with Gasteiger partial charge in [0.2, 0.25) is 5.91 Å². The highest BCUT2D eigenvalue weighted by atomic mass is 16.1. The summed E-state index contributed by atoms with van der Waals surface area (Å²) in [6, 6.07) is 11.3. The van der Waals surface area contributed by atoms with Crippen LogP contribution in [0.3, 0.4) is 0 Å². The first-order chi connectivity index (χ1) is 13.1. The molecule has 0 bridgehead atoms. The van der Waals surface area contributed by atoms with Crippen LogP contribution in [0.4, 0.5) is 0 Å². The molecule has 0 spiro atoms. The largest absolute Gasteiger partial charge is 0.350 e. The molecule has 1 saturated carbocycles. The quantitative estimate of drug-likeness (QED) is 0.731. The number of hydrogen-bond acceptors (Lipinski definition) is 4. The molecule has 138 valence electrons. The fourth-order valence-corrected chi connectivity index (χ4v) is 3.35. The monoisotopic (exact) mass is 362 g/mol. The molecule has 1 fully saturated rings. The van der Waals surface area contributed by atoms with Crippen LogP contribution in [0.2, 0.25) is 0 Å². The predicted octanol–water partition coefficient (Wildman–Crippen LogP) is 2.94. The van der Waals surface area contributed by atoms with Crippen LogP contribution in [0.15, 0.2) is 53.6 Å². The number of nitrogens with one attached hydrogen (secondary N) is 1. The van der Waals surface area contributed by atoms with Gasteiger partial charge in [0.15, 0.2) is 0 Å². The first kappa shape index (κ1) is 17.4. The van der Waals surface area contributed by atoms with E-state index in [2.05, 4.69) is 15.3 Å². The number of pyridine rings is 1. The Labute approximate surface area is 157 Å². The fraction of sp³-hybridized carbons (Fsp3) is 0.333. The average Bonchev–Trinajstić information content (AvgIpc) is 3.52. The normalized spacial score (nSPS) is 14.9. The number of aromatic nitrogens is 3. The Kier molecular flexibility index (Phi) is 4.71. The molecular formula is C21H22N4O2. The second-order valence-electron chi connectivity index (χ2n) is 7.02. The smallest absolute Gasteiger partial charge is 0.261 e. The summed E-state index contributed by atoms with van der Waals surface area (Å²) in [4.78, 5) is 33.9. The average molecular weight is 362 g/mol. The van der Waals surface area contributed by atoms with Crippen molar-refractivity contribution in [1.29, 1.82) is 0 Å². The van der Waals surface area contributed by atoms with E-state index < -0.39 is 0 Å². The van der Waals surface area contributed by atoms with Crippen molar-refractivity contribution in [2.45, 2.75) is 44.7 Å². The van der Waals surface area contributed by atoms with Crippen molar-refractivity contribution >= 4 is 16.8 Å². The Morgan fingerprint density at radius 1 is 1.22 bits per heavy atom. The Hall–Kier alpha value is -3.02. The second kappa shape index (κ2) is 7.31. The Morgan fingerprint density at radius 2 is 1.96 bits per heavy atom. The van der Waals surface area contributed by atoms with E-state index in [0.717, 1.165) is 18.4 Å². The van der Waals surface area contributed by atoms with Crippen LogP contribution in [-0.4, -0.2) is 20.4 Å². The predicted molar refractivity (Wildman–Crippen MR) is 103 cm³/mol. The summed E-state index contributed by atoms with van der Waals surface area (Å²) in [6.07, 6.45) is 6.17. The molecule has 1 amide bonds. The van der Waals surface area contributed by atoms with Crippen molar-refractivity contribution in [2.75, 3.05) is 0 Å². The first-order valence-corrected chi connectivity index (χ1v) is 9.33. The summed E-state index contributed by atoms with van der Waals surface area (Å²) in [7, 11) is 0. The molecule has 1 aromatic carbocycles. The Morgan fingerprint density at radius 3 is 2.70 bits per heavy atom. The van der Waals surface area contributed by atoms with Gasteiger partial charge in [0, 0.05) is 31.3 Å². The van der Waals surface area contributed by atoms with Crippen LogP contribution < -0.4 is 10.9 Å². The molecular weight excluding hydrogens is 340 g/mol. The molecule has 2 aromatic heterocycles. The van der Waals surface area contributed by atoms with Crippen LogP contribution in [0.25, 0.3) is 10.9 Å². The summed E-state index contributed by atoms with van der Waals surface area (Å²) < 4.78 is 1.79. The number of carbonyl (C=O) groups is 1. The van der Waals surface area contributed by atoms with Gasteiger partial charge in [0.05, 0.1) is 16.9 Å². The van der Waals surface area contributed by atoms with Gasteiger partial charge in [-0.25, -0.2) is 4.98 Å². The van der Waals surface area contributed by atoms with E-state index in [4.69, 9.17) is 0 Å². The Bertz CT molecular complexity index is 1030. The fourth-order valence-electron chi connectivity index (χ4n) is 3.35.